The molecule has 6 heteroatoms. The first-order valence-corrected chi connectivity index (χ1v) is 7.26. The van der Waals surface area contributed by atoms with Crippen LogP contribution < -0.4 is 0 Å². The molecule has 3 nitrogen and oxygen atoms in total. The molecule has 104 valence electrons. The Hall–Kier alpha value is -0.480. The maximum Gasteiger partial charge on any atom is 0.255 e. The molecule has 0 bridgehead atoms. The van der Waals surface area contributed by atoms with Crippen LogP contribution in [0.15, 0.2) is 18.2 Å². The molecule has 1 amide bonds. The smallest absolute Gasteiger partial charge is 0.255 e. The lowest BCUT2D eigenvalue weighted by atomic mass is 10.1. The number of amides is 1. The van der Waals surface area contributed by atoms with Crippen molar-refractivity contribution in [1.82, 2.24) is 4.90 Å². The van der Waals surface area contributed by atoms with Crippen molar-refractivity contribution < 1.29 is 9.53 Å². The van der Waals surface area contributed by atoms with Gasteiger partial charge >= 0.3 is 0 Å². The molecular weight excluding hydrogens is 309 g/mol. The third kappa shape index (κ3) is 3.16. The molecule has 2 atom stereocenters. The number of hydrogen-bond acceptors (Lipinski definition) is 2. The highest BCUT2D eigenvalue weighted by Crippen LogP contribution is 2.27. The lowest BCUT2D eigenvalue weighted by Gasteiger charge is -2.37. The Morgan fingerprint density at radius 3 is 2.89 bits per heavy atom. The molecule has 2 rings (SSSR count). The number of halogens is 3. The van der Waals surface area contributed by atoms with E-state index in [9.17, 15) is 4.79 Å². The van der Waals surface area contributed by atoms with Crippen LogP contribution in [0.2, 0.25) is 10.0 Å². The molecule has 1 saturated heterocycles. The molecule has 2 unspecified atom stereocenters. The molecule has 0 aromatic heterocycles. The minimum Gasteiger partial charge on any atom is -0.373 e. The molecule has 1 fully saturated rings. The summed E-state index contributed by atoms with van der Waals surface area (Å²) < 4.78 is 5.52. The van der Waals surface area contributed by atoms with Crippen molar-refractivity contribution in [1.29, 1.82) is 0 Å². The van der Waals surface area contributed by atoms with Gasteiger partial charge in [0.1, 0.15) is 0 Å². The lowest BCUT2D eigenvalue weighted by Crippen LogP contribution is -2.51. The van der Waals surface area contributed by atoms with E-state index in [4.69, 9.17) is 39.5 Å². The van der Waals surface area contributed by atoms with Gasteiger partial charge in [-0.05, 0) is 19.1 Å². The van der Waals surface area contributed by atoms with E-state index in [1.54, 1.807) is 23.1 Å². The number of carbonyl (C=O) groups excluding carboxylic acids is 1. The van der Waals surface area contributed by atoms with Crippen LogP contribution in [0.5, 0.6) is 0 Å². The predicted molar refractivity (Wildman–Crippen MR) is 77.4 cm³/mol. The van der Waals surface area contributed by atoms with E-state index in [0.717, 1.165) is 0 Å². The highest BCUT2D eigenvalue weighted by atomic mass is 35.5. The third-order valence-electron chi connectivity index (χ3n) is 3.12. The van der Waals surface area contributed by atoms with E-state index in [0.29, 0.717) is 29.6 Å². The van der Waals surface area contributed by atoms with Gasteiger partial charge in [0.05, 0.1) is 40.2 Å². The zero-order valence-electron chi connectivity index (χ0n) is 10.4. The Morgan fingerprint density at radius 2 is 2.21 bits per heavy atom. The van der Waals surface area contributed by atoms with E-state index >= 15 is 0 Å². The summed E-state index contributed by atoms with van der Waals surface area (Å²) in [4.78, 5) is 14.3. The number of ether oxygens (including phenoxy) is 1. The van der Waals surface area contributed by atoms with Crippen LogP contribution >= 0.6 is 34.8 Å². The van der Waals surface area contributed by atoms with Crippen molar-refractivity contribution >= 4 is 40.7 Å². The maximum atomic E-state index is 12.5. The summed E-state index contributed by atoms with van der Waals surface area (Å²) in [5, 5.41) is 0.664. The topological polar surface area (TPSA) is 29.5 Å². The molecule has 0 spiro atoms. The van der Waals surface area contributed by atoms with Crippen LogP contribution in [-0.4, -0.2) is 42.0 Å². The minimum absolute atomic E-state index is 0.0120. The van der Waals surface area contributed by atoms with E-state index in [1.165, 1.54) is 0 Å². The fourth-order valence-electron chi connectivity index (χ4n) is 2.02. The molecule has 19 heavy (non-hydrogen) atoms. The standard InChI is InChI=1S/C13H14Cl3NO2/c1-8-7-19-9(5-14)6-17(8)13(18)10-3-2-4-11(15)12(10)16/h2-4,8-9H,5-7H2,1H3. The molecule has 1 aromatic carbocycles. The fraction of sp³-hybridized carbons (Fsp3) is 0.462. The van der Waals surface area contributed by atoms with Gasteiger partial charge in [0.25, 0.3) is 5.91 Å². The molecule has 0 N–H and O–H groups in total. The SMILES string of the molecule is CC1COC(CCl)CN1C(=O)c1cccc(Cl)c1Cl. The molecule has 0 radical (unpaired) electrons. The van der Waals surface area contributed by atoms with E-state index in [1.807, 2.05) is 6.92 Å². The first kappa shape index (κ1) is 14.9. The highest BCUT2D eigenvalue weighted by Gasteiger charge is 2.30. The molecule has 1 heterocycles. The summed E-state index contributed by atoms with van der Waals surface area (Å²) in [6.07, 6.45) is -0.139. The summed E-state index contributed by atoms with van der Waals surface area (Å²) in [5.74, 6) is 0.221. The van der Waals surface area contributed by atoms with Gasteiger partial charge in [-0.15, -0.1) is 11.6 Å². The van der Waals surface area contributed by atoms with Crippen molar-refractivity contribution in [3.8, 4) is 0 Å². The van der Waals surface area contributed by atoms with Gasteiger partial charge < -0.3 is 9.64 Å². The quantitative estimate of drug-likeness (QED) is 0.780. The van der Waals surface area contributed by atoms with E-state index in [2.05, 4.69) is 0 Å². The molecule has 1 aliphatic rings. The monoisotopic (exact) mass is 321 g/mol. The predicted octanol–water partition coefficient (Wildman–Crippen LogP) is 3.46. The fourth-order valence-corrected chi connectivity index (χ4v) is 2.59. The molecular formula is C13H14Cl3NO2. The Labute approximate surface area is 127 Å². The number of benzene rings is 1. The van der Waals surface area contributed by atoms with Gasteiger partial charge in [0, 0.05) is 6.54 Å². The summed E-state index contributed by atoms with van der Waals surface area (Å²) in [5.41, 5.74) is 0.413. The van der Waals surface area contributed by atoms with Crippen molar-refractivity contribution in [3.05, 3.63) is 33.8 Å². The van der Waals surface area contributed by atoms with Gasteiger partial charge in [-0.1, -0.05) is 29.3 Å². The van der Waals surface area contributed by atoms with Gasteiger partial charge in [-0.25, -0.2) is 0 Å². The maximum absolute atomic E-state index is 12.5. The third-order valence-corrected chi connectivity index (χ3v) is 4.28. The summed E-state index contributed by atoms with van der Waals surface area (Å²) in [6.45, 7) is 2.87. The normalized spacial score (nSPS) is 23.5. The number of hydrogen-bond donors (Lipinski definition) is 0. The summed E-state index contributed by atoms with van der Waals surface area (Å²) >= 11 is 17.8. The second kappa shape index (κ2) is 6.31. The van der Waals surface area contributed by atoms with E-state index in [-0.39, 0.29) is 23.1 Å². The lowest BCUT2D eigenvalue weighted by molar-refractivity contribution is -0.0371. The second-order valence-electron chi connectivity index (χ2n) is 4.52. The Balaban J connectivity index is 2.24. The summed E-state index contributed by atoms with van der Waals surface area (Å²) in [6, 6.07) is 5.03. The van der Waals surface area contributed by atoms with Gasteiger partial charge in [-0.3, -0.25) is 4.79 Å². The van der Waals surface area contributed by atoms with Crippen molar-refractivity contribution in [3.63, 3.8) is 0 Å². The highest BCUT2D eigenvalue weighted by molar-refractivity contribution is 6.43. The average molecular weight is 323 g/mol. The van der Waals surface area contributed by atoms with Gasteiger partial charge in [-0.2, -0.15) is 0 Å². The minimum atomic E-state index is -0.140. The van der Waals surface area contributed by atoms with Crippen LogP contribution in [-0.2, 0) is 4.74 Å². The van der Waals surface area contributed by atoms with Crippen molar-refractivity contribution in [2.45, 2.75) is 19.1 Å². The number of morpholine rings is 1. The van der Waals surface area contributed by atoms with Gasteiger partial charge in [0.2, 0.25) is 0 Å². The number of alkyl halides is 1. The van der Waals surface area contributed by atoms with Crippen LogP contribution in [0.25, 0.3) is 0 Å². The average Bonchev–Trinajstić information content (AvgIpc) is 2.42. The zero-order chi connectivity index (χ0) is 14.0. The van der Waals surface area contributed by atoms with E-state index < -0.39 is 0 Å². The van der Waals surface area contributed by atoms with Gasteiger partial charge in [0.15, 0.2) is 0 Å². The molecule has 1 aliphatic heterocycles. The first-order chi connectivity index (χ1) is 9.04. The summed E-state index contributed by atoms with van der Waals surface area (Å²) in [7, 11) is 0. The van der Waals surface area contributed by atoms with Crippen LogP contribution in [0.3, 0.4) is 0 Å². The molecule has 1 aromatic rings. The molecule has 0 saturated carbocycles. The second-order valence-corrected chi connectivity index (χ2v) is 5.61. The Morgan fingerprint density at radius 1 is 1.47 bits per heavy atom. The number of carbonyl (C=O) groups is 1. The van der Waals surface area contributed by atoms with Crippen LogP contribution in [0, 0.1) is 0 Å². The Kier molecular flexibility index (Phi) is 4.96. The van der Waals surface area contributed by atoms with Crippen LogP contribution in [0.1, 0.15) is 17.3 Å². The number of rotatable bonds is 2. The zero-order valence-corrected chi connectivity index (χ0v) is 12.7. The van der Waals surface area contributed by atoms with Crippen molar-refractivity contribution in [2.75, 3.05) is 19.0 Å². The van der Waals surface area contributed by atoms with Crippen LogP contribution in [0.4, 0.5) is 0 Å². The van der Waals surface area contributed by atoms with Crippen molar-refractivity contribution in [2.24, 2.45) is 0 Å². The number of nitrogens with zero attached hydrogens (tertiary/aromatic N) is 1. The largest absolute Gasteiger partial charge is 0.373 e. The first-order valence-electron chi connectivity index (χ1n) is 5.97. The Bertz CT molecular complexity index is 481. The molecule has 0 aliphatic carbocycles.